The van der Waals surface area contributed by atoms with Crippen LogP contribution in [0.25, 0.3) is 0 Å². The summed E-state index contributed by atoms with van der Waals surface area (Å²) in [5.74, 6) is 0. The average Bonchev–Trinajstić information content (AvgIpc) is 2.11. The van der Waals surface area contributed by atoms with Crippen molar-refractivity contribution in [2.45, 2.75) is 38.1 Å². The second-order valence-corrected chi connectivity index (χ2v) is 3.27. The Morgan fingerprint density at radius 2 is 1.69 bits per heavy atom. The molecule has 0 saturated carbocycles. The largest absolute Gasteiger partial charge is 0.395 e. The summed E-state index contributed by atoms with van der Waals surface area (Å²) in [4.78, 5) is 0. The van der Waals surface area contributed by atoms with Crippen LogP contribution in [0.1, 0.15) is 13.8 Å². The van der Waals surface area contributed by atoms with Crippen LogP contribution in [0, 0.1) is 0 Å². The van der Waals surface area contributed by atoms with E-state index in [0.29, 0.717) is 0 Å². The van der Waals surface area contributed by atoms with Crippen molar-refractivity contribution in [2.75, 3.05) is 13.2 Å². The lowest BCUT2D eigenvalue weighted by Gasteiger charge is -2.26. The molecule has 5 nitrogen and oxygen atoms in total. The average molecular weight is 192 g/mol. The van der Waals surface area contributed by atoms with Gasteiger partial charge in [-0.05, 0) is 13.8 Å². The molecule has 0 fully saturated rings. The Hall–Kier alpha value is -0.200. The minimum Gasteiger partial charge on any atom is -0.395 e. The SMILES string of the molecule is CC(N)C(CO)OC(C)C(N)CO. The van der Waals surface area contributed by atoms with Crippen molar-refractivity contribution < 1.29 is 14.9 Å². The molecule has 0 aliphatic carbocycles. The monoisotopic (exact) mass is 192 g/mol. The number of hydrogen-bond acceptors (Lipinski definition) is 5. The van der Waals surface area contributed by atoms with Crippen LogP contribution in [0.3, 0.4) is 0 Å². The minimum atomic E-state index is -0.437. The van der Waals surface area contributed by atoms with Gasteiger partial charge in [0.2, 0.25) is 0 Å². The zero-order valence-corrected chi connectivity index (χ0v) is 8.18. The Kier molecular flexibility index (Phi) is 6.19. The summed E-state index contributed by atoms with van der Waals surface area (Å²) >= 11 is 0. The van der Waals surface area contributed by atoms with E-state index in [0.717, 1.165) is 0 Å². The van der Waals surface area contributed by atoms with Gasteiger partial charge < -0.3 is 26.4 Å². The van der Waals surface area contributed by atoms with Gasteiger partial charge in [-0.15, -0.1) is 0 Å². The smallest absolute Gasteiger partial charge is 0.0957 e. The van der Waals surface area contributed by atoms with Crippen LogP contribution < -0.4 is 11.5 Å². The Labute approximate surface area is 78.7 Å². The zero-order valence-electron chi connectivity index (χ0n) is 8.18. The first-order chi connectivity index (χ1) is 6.02. The van der Waals surface area contributed by atoms with Crippen molar-refractivity contribution in [1.82, 2.24) is 0 Å². The van der Waals surface area contributed by atoms with Gasteiger partial charge in [-0.1, -0.05) is 0 Å². The highest BCUT2D eigenvalue weighted by Gasteiger charge is 2.20. The molecule has 80 valence electrons. The highest BCUT2D eigenvalue weighted by atomic mass is 16.5. The molecule has 5 heteroatoms. The van der Waals surface area contributed by atoms with Gasteiger partial charge >= 0.3 is 0 Å². The van der Waals surface area contributed by atoms with Gasteiger partial charge in [-0.3, -0.25) is 0 Å². The van der Waals surface area contributed by atoms with Crippen molar-refractivity contribution in [3.8, 4) is 0 Å². The van der Waals surface area contributed by atoms with Gasteiger partial charge in [0.05, 0.1) is 31.5 Å². The number of ether oxygens (including phenoxy) is 1. The number of rotatable bonds is 6. The topological polar surface area (TPSA) is 102 Å². The summed E-state index contributed by atoms with van der Waals surface area (Å²) in [5.41, 5.74) is 11.1. The molecule has 0 spiro atoms. The fourth-order valence-corrected chi connectivity index (χ4v) is 0.858. The molecule has 0 radical (unpaired) electrons. The molecule has 4 atom stereocenters. The standard InChI is InChI=1S/C8H20N2O3/c1-5(9)8(4-12)13-6(2)7(10)3-11/h5-8,11-12H,3-4,9-10H2,1-2H3. The minimum absolute atomic E-state index is 0.139. The maximum absolute atomic E-state index is 8.89. The van der Waals surface area contributed by atoms with Crippen molar-refractivity contribution in [1.29, 1.82) is 0 Å². The summed E-state index contributed by atoms with van der Waals surface area (Å²) < 4.78 is 5.35. The summed E-state index contributed by atoms with van der Waals surface area (Å²) in [6.07, 6.45) is -0.735. The third kappa shape index (κ3) is 4.54. The number of aliphatic hydroxyl groups is 2. The fourth-order valence-electron chi connectivity index (χ4n) is 0.858. The molecule has 0 saturated heterocycles. The van der Waals surface area contributed by atoms with Gasteiger partial charge in [-0.2, -0.15) is 0 Å². The van der Waals surface area contributed by atoms with Crippen LogP contribution in [0.5, 0.6) is 0 Å². The first kappa shape index (κ1) is 12.8. The fraction of sp³-hybridized carbons (Fsp3) is 1.00. The highest BCUT2D eigenvalue weighted by molar-refractivity contribution is 4.74. The molecule has 0 aromatic carbocycles. The van der Waals surface area contributed by atoms with Crippen LogP contribution >= 0.6 is 0 Å². The van der Waals surface area contributed by atoms with E-state index in [1.165, 1.54) is 0 Å². The third-order valence-corrected chi connectivity index (χ3v) is 1.97. The first-order valence-corrected chi connectivity index (χ1v) is 4.41. The van der Waals surface area contributed by atoms with Crippen molar-refractivity contribution >= 4 is 0 Å². The predicted molar refractivity (Wildman–Crippen MR) is 50.1 cm³/mol. The molecule has 0 aromatic heterocycles. The predicted octanol–water partition coefficient (Wildman–Crippen LogP) is -1.58. The van der Waals surface area contributed by atoms with Crippen molar-refractivity contribution in [3.05, 3.63) is 0 Å². The lowest BCUT2D eigenvalue weighted by molar-refractivity contribution is -0.0557. The van der Waals surface area contributed by atoms with Crippen molar-refractivity contribution in [3.63, 3.8) is 0 Å². The number of nitrogens with two attached hydrogens (primary N) is 2. The molecule has 0 aromatic rings. The van der Waals surface area contributed by atoms with E-state index in [-0.39, 0.29) is 25.4 Å². The Bertz CT molecular complexity index is 133. The lowest BCUT2D eigenvalue weighted by Crippen LogP contribution is -2.45. The van der Waals surface area contributed by atoms with Crippen LogP contribution in [0.15, 0.2) is 0 Å². The molecule has 0 amide bonds. The molecule has 0 rings (SSSR count). The van der Waals surface area contributed by atoms with Gasteiger partial charge in [0, 0.05) is 6.04 Å². The third-order valence-electron chi connectivity index (χ3n) is 1.97. The van der Waals surface area contributed by atoms with E-state index < -0.39 is 12.1 Å². The quantitative estimate of drug-likeness (QED) is 0.407. The Morgan fingerprint density at radius 3 is 2.00 bits per heavy atom. The van der Waals surface area contributed by atoms with Gasteiger partial charge in [0.1, 0.15) is 0 Å². The molecule has 0 bridgehead atoms. The van der Waals surface area contributed by atoms with Crippen molar-refractivity contribution in [2.24, 2.45) is 11.5 Å². The molecular weight excluding hydrogens is 172 g/mol. The summed E-state index contributed by atoms with van der Waals surface area (Å²) in [6, 6.07) is -0.689. The molecule has 0 aliphatic rings. The zero-order chi connectivity index (χ0) is 10.4. The first-order valence-electron chi connectivity index (χ1n) is 4.41. The lowest BCUT2D eigenvalue weighted by atomic mass is 10.1. The van der Waals surface area contributed by atoms with E-state index in [1.54, 1.807) is 13.8 Å². The second-order valence-electron chi connectivity index (χ2n) is 3.27. The van der Waals surface area contributed by atoms with E-state index >= 15 is 0 Å². The molecule has 4 unspecified atom stereocenters. The van der Waals surface area contributed by atoms with E-state index in [4.69, 9.17) is 26.4 Å². The van der Waals surface area contributed by atoms with Crippen LogP contribution in [0.2, 0.25) is 0 Å². The molecule has 6 N–H and O–H groups in total. The summed E-state index contributed by atoms with van der Waals surface area (Å²) in [5, 5.41) is 17.6. The summed E-state index contributed by atoms with van der Waals surface area (Å²) in [6.45, 7) is 3.21. The van der Waals surface area contributed by atoms with E-state index in [2.05, 4.69) is 0 Å². The maximum atomic E-state index is 8.89. The van der Waals surface area contributed by atoms with E-state index in [1.807, 2.05) is 0 Å². The summed E-state index contributed by atoms with van der Waals surface area (Å²) in [7, 11) is 0. The maximum Gasteiger partial charge on any atom is 0.0957 e. The molecular formula is C8H20N2O3. The Morgan fingerprint density at radius 1 is 1.15 bits per heavy atom. The highest BCUT2D eigenvalue weighted by Crippen LogP contribution is 2.03. The molecule has 13 heavy (non-hydrogen) atoms. The van der Waals surface area contributed by atoms with Gasteiger partial charge in [-0.25, -0.2) is 0 Å². The van der Waals surface area contributed by atoms with Crippen LogP contribution in [-0.4, -0.2) is 47.7 Å². The molecule has 0 aliphatic heterocycles. The normalized spacial score (nSPS) is 20.8. The second kappa shape index (κ2) is 6.28. The van der Waals surface area contributed by atoms with E-state index in [9.17, 15) is 0 Å². The molecule has 0 heterocycles. The van der Waals surface area contributed by atoms with Gasteiger partial charge in [0.25, 0.3) is 0 Å². The van der Waals surface area contributed by atoms with Crippen LogP contribution in [0.4, 0.5) is 0 Å². The number of aliphatic hydroxyl groups excluding tert-OH is 2. The number of hydrogen-bond donors (Lipinski definition) is 4. The van der Waals surface area contributed by atoms with Gasteiger partial charge in [0.15, 0.2) is 0 Å². The Balaban J connectivity index is 3.93. The van der Waals surface area contributed by atoms with Crippen LogP contribution in [-0.2, 0) is 4.74 Å².